The number of benzene rings is 2. The van der Waals surface area contributed by atoms with Crippen molar-refractivity contribution in [1.82, 2.24) is 0 Å². The van der Waals surface area contributed by atoms with Crippen molar-refractivity contribution in [3.63, 3.8) is 0 Å². The van der Waals surface area contributed by atoms with Crippen LogP contribution in [0.2, 0.25) is 0 Å². The fourth-order valence-corrected chi connectivity index (χ4v) is 2.16. The first kappa shape index (κ1) is 7.74. The number of allylic oxidation sites excluding steroid dienone is 1. The topological polar surface area (TPSA) is 0 Å². The molecule has 0 spiro atoms. The maximum Gasteiger partial charge on any atom is 0.134 e. The third-order valence-electron chi connectivity index (χ3n) is 2.87. The Morgan fingerprint density at radius 1 is 0.929 bits per heavy atom. The van der Waals surface area contributed by atoms with Gasteiger partial charge in [0.1, 0.15) is 5.83 Å². The summed E-state index contributed by atoms with van der Waals surface area (Å²) in [7, 11) is 0. The minimum Gasteiger partial charge on any atom is -0.206 e. The van der Waals surface area contributed by atoms with Crippen molar-refractivity contribution in [2.75, 3.05) is 0 Å². The van der Waals surface area contributed by atoms with Gasteiger partial charge in [-0.2, -0.15) is 0 Å². The zero-order chi connectivity index (χ0) is 9.71. The average molecular weight is 184 g/mol. The van der Waals surface area contributed by atoms with Crippen LogP contribution in [0.4, 0.5) is 4.39 Å². The number of halogens is 1. The molecule has 68 valence electrons. The molecule has 1 aliphatic rings. The summed E-state index contributed by atoms with van der Waals surface area (Å²) < 4.78 is 13.8. The van der Waals surface area contributed by atoms with E-state index < -0.39 is 0 Å². The van der Waals surface area contributed by atoms with E-state index in [1.54, 1.807) is 0 Å². The maximum absolute atomic E-state index is 13.8. The molecule has 0 aromatic heterocycles. The lowest BCUT2D eigenvalue weighted by atomic mass is 10.0. The molecule has 0 saturated heterocycles. The van der Waals surface area contributed by atoms with Gasteiger partial charge in [-0.1, -0.05) is 36.4 Å². The molecule has 0 N–H and O–H groups in total. The predicted octanol–water partition coefficient (Wildman–Crippen LogP) is 4.01. The van der Waals surface area contributed by atoms with Gasteiger partial charge in [-0.15, -0.1) is 0 Å². The second kappa shape index (κ2) is 2.44. The van der Waals surface area contributed by atoms with Crippen molar-refractivity contribution in [3.05, 3.63) is 47.5 Å². The molecule has 3 rings (SSSR count). The van der Waals surface area contributed by atoms with E-state index in [4.69, 9.17) is 0 Å². The highest BCUT2D eigenvalue weighted by molar-refractivity contribution is 6.11. The van der Waals surface area contributed by atoms with Crippen molar-refractivity contribution in [1.29, 1.82) is 0 Å². The first-order chi connectivity index (χ1) is 6.79. The Balaban J connectivity index is 2.59. The van der Waals surface area contributed by atoms with Gasteiger partial charge in [0.2, 0.25) is 0 Å². The minimum absolute atomic E-state index is 0.0724. The van der Waals surface area contributed by atoms with Gasteiger partial charge in [0, 0.05) is 5.56 Å². The van der Waals surface area contributed by atoms with Gasteiger partial charge < -0.3 is 0 Å². The Morgan fingerprint density at radius 3 is 2.29 bits per heavy atom. The molecule has 2 aromatic carbocycles. The maximum atomic E-state index is 13.8. The summed E-state index contributed by atoms with van der Waals surface area (Å²) in [5, 5.41) is 2.18. The molecule has 1 aliphatic carbocycles. The molecule has 0 heterocycles. The molecule has 1 heteroatoms. The molecule has 0 radical (unpaired) electrons. The molecule has 2 aromatic rings. The molecule has 0 bridgehead atoms. The lowest BCUT2D eigenvalue weighted by Gasteiger charge is -2.00. The van der Waals surface area contributed by atoms with Gasteiger partial charge in [0.15, 0.2) is 0 Å². The van der Waals surface area contributed by atoms with Gasteiger partial charge in [0.25, 0.3) is 0 Å². The molecule has 0 fully saturated rings. The number of hydrogen-bond donors (Lipinski definition) is 0. The molecule has 0 nitrogen and oxygen atoms in total. The highest BCUT2D eigenvalue weighted by Gasteiger charge is 2.20. The van der Waals surface area contributed by atoms with E-state index in [9.17, 15) is 4.39 Å². The molecule has 14 heavy (non-hydrogen) atoms. The minimum atomic E-state index is -0.0724. The van der Waals surface area contributed by atoms with Crippen LogP contribution in [0, 0.1) is 0 Å². The zero-order valence-electron chi connectivity index (χ0n) is 7.84. The summed E-state index contributed by atoms with van der Waals surface area (Å²) in [6.45, 7) is 1.84. The van der Waals surface area contributed by atoms with Gasteiger partial charge in [-0.05, 0) is 28.8 Å². The second-order valence-corrected chi connectivity index (χ2v) is 3.65. The van der Waals surface area contributed by atoms with Crippen LogP contribution in [0.5, 0.6) is 0 Å². The van der Waals surface area contributed by atoms with Crippen molar-refractivity contribution in [2.24, 2.45) is 0 Å². The van der Waals surface area contributed by atoms with Crippen molar-refractivity contribution in [2.45, 2.75) is 6.92 Å². The Kier molecular flexibility index (Phi) is 1.35. The largest absolute Gasteiger partial charge is 0.206 e. The highest BCUT2D eigenvalue weighted by Crippen LogP contribution is 2.41. The average Bonchev–Trinajstić information content (AvgIpc) is 2.47. The van der Waals surface area contributed by atoms with Crippen molar-refractivity contribution in [3.8, 4) is 0 Å². The first-order valence-electron chi connectivity index (χ1n) is 4.68. The van der Waals surface area contributed by atoms with Gasteiger partial charge in [-0.3, -0.25) is 0 Å². The summed E-state index contributed by atoms with van der Waals surface area (Å²) in [5.41, 5.74) is 2.54. The van der Waals surface area contributed by atoms with Crippen LogP contribution >= 0.6 is 0 Å². The molecule has 0 amide bonds. The quantitative estimate of drug-likeness (QED) is 0.580. The van der Waals surface area contributed by atoms with E-state index in [1.165, 1.54) is 0 Å². The summed E-state index contributed by atoms with van der Waals surface area (Å²) in [4.78, 5) is 0. The standard InChI is InChI=1S/C13H9F/c1-8-10-6-2-4-9-5-3-7-11(12(9)10)13(8)14/h2-7H,1H3. The van der Waals surface area contributed by atoms with E-state index in [1.807, 2.05) is 43.3 Å². The summed E-state index contributed by atoms with van der Waals surface area (Å²) >= 11 is 0. The second-order valence-electron chi connectivity index (χ2n) is 3.65. The van der Waals surface area contributed by atoms with E-state index in [0.29, 0.717) is 0 Å². The Bertz CT molecular complexity index is 518. The Morgan fingerprint density at radius 2 is 1.57 bits per heavy atom. The van der Waals surface area contributed by atoms with Crippen LogP contribution in [0.3, 0.4) is 0 Å². The van der Waals surface area contributed by atoms with Crippen LogP contribution in [0.25, 0.3) is 22.2 Å². The molecular formula is C13H9F. The molecule has 0 unspecified atom stereocenters. The van der Waals surface area contributed by atoms with Crippen LogP contribution in [-0.2, 0) is 0 Å². The first-order valence-corrected chi connectivity index (χ1v) is 4.68. The smallest absolute Gasteiger partial charge is 0.134 e. The highest BCUT2D eigenvalue weighted by atomic mass is 19.1. The van der Waals surface area contributed by atoms with Crippen molar-refractivity contribution >= 4 is 22.2 Å². The van der Waals surface area contributed by atoms with E-state index in [2.05, 4.69) is 0 Å². The summed E-state index contributed by atoms with van der Waals surface area (Å²) in [6, 6.07) is 11.7. The fourth-order valence-electron chi connectivity index (χ4n) is 2.16. The fraction of sp³-hybridized carbons (Fsp3) is 0.0769. The van der Waals surface area contributed by atoms with Crippen LogP contribution in [-0.4, -0.2) is 0 Å². The van der Waals surface area contributed by atoms with E-state index in [0.717, 1.165) is 27.5 Å². The van der Waals surface area contributed by atoms with Crippen molar-refractivity contribution < 1.29 is 4.39 Å². The molecular weight excluding hydrogens is 175 g/mol. The number of rotatable bonds is 0. The predicted molar refractivity (Wildman–Crippen MR) is 57.5 cm³/mol. The van der Waals surface area contributed by atoms with E-state index >= 15 is 0 Å². The number of hydrogen-bond acceptors (Lipinski definition) is 0. The molecule has 0 atom stereocenters. The van der Waals surface area contributed by atoms with Gasteiger partial charge in [0.05, 0.1) is 0 Å². The SMILES string of the molecule is CC1=C(F)c2cccc3cccc1c23. The summed E-state index contributed by atoms with van der Waals surface area (Å²) in [6.07, 6.45) is 0. The van der Waals surface area contributed by atoms with Crippen LogP contribution < -0.4 is 0 Å². The normalized spacial score (nSPS) is 14.1. The Labute approximate surface area is 81.7 Å². The molecule has 0 saturated carbocycles. The monoisotopic (exact) mass is 184 g/mol. The van der Waals surface area contributed by atoms with Crippen LogP contribution in [0.1, 0.15) is 18.1 Å². The van der Waals surface area contributed by atoms with Gasteiger partial charge >= 0.3 is 0 Å². The van der Waals surface area contributed by atoms with Crippen LogP contribution in [0.15, 0.2) is 36.4 Å². The third kappa shape index (κ3) is 0.771. The lowest BCUT2D eigenvalue weighted by molar-refractivity contribution is 0.765. The summed E-state index contributed by atoms with van der Waals surface area (Å²) in [5.74, 6) is -0.0724. The van der Waals surface area contributed by atoms with E-state index in [-0.39, 0.29) is 5.83 Å². The third-order valence-corrected chi connectivity index (χ3v) is 2.87. The zero-order valence-corrected chi connectivity index (χ0v) is 7.84. The molecule has 0 aliphatic heterocycles. The lowest BCUT2D eigenvalue weighted by Crippen LogP contribution is -1.78. The van der Waals surface area contributed by atoms with Gasteiger partial charge in [-0.25, -0.2) is 4.39 Å². The Hall–Kier alpha value is -1.63.